The first-order valence-corrected chi connectivity index (χ1v) is 7.96. The van der Waals surface area contributed by atoms with E-state index in [0.717, 1.165) is 4.70 Å². The fourth-order valence-electron chi connectivity index (χ4n) is 2.04. The van der Waals surface area contributed by atoms with E-state index in [-0.39, 0.29) is 11.8 Å². The van der Waals surface area contributed by atoms with Crippen molar-refractivity contribution in [3.63, 3.8) is 0 Å². The third-order valence-corrected chi connectivity index (χ3v) is 4.20. The Labute approximate surface area is 141 Å². The first-order valence-electron chi connectivity index (χ1n) is 6.76. The summed E-state index contributed by atoms with van der Waals surface area (Å²) >= 11 is 7.27. The largest absolute Gasteiger partial charge is 0.322 e. The fraction of sp³-hybridized carbons (Fsp3) is 0.0625. The van der Waals surface area contributed by atoms with E-state index in [4.69, 9.17) is 11.6 Å². The number of anilines is 2. The molecule has 0 saturated heterocycles. The second-order valence-corrected chi connectivity index (χ2v) is 6.31. The topological polar surface area (TPSA) is 71.1 Å². The zero-order valence-electron chi connectivity index (χ0n) is 12.1. The van der Waals surface area contributed by atoms with Gasteiger partial charge in [-0.15, -0.1) is 0 Å². The van der Waals surface area contributed by atoms with Crippen molar-refractivity contribution in [2.75, 3.05) is 10.6 Å². The van der Waals surface area contributed by atoms with Gasteiger partial charge in [0.2, 0.25) is 5.91 Å². The summed E-state index contributed by atoms with van der Waals surface area (Å²) in [5.74, 6) is -0.414. The molecule has 0 aliphatic heterocycles. The quantitative estimate of drug-likeness (QED) is 0.748. The van der Waals surface area contributed by atoms with Crippen LogP contribution in [0.5, 0.6) is 0 Å². The number of hydrogen-bond donors (Lipinski definition) is 2. The summed E-state index contributed by atoms with van der Waals surface area (Å²) in [6.45, 7) is 1.43. The number of fused-ring (bicyclic) bond motifs is 1. The van der Waals surface area contributed by atoms with Crippen molar-refractivity contribution in [1.82, 2.24) is 4.98 Å². The number of nitrogens with zero attached hydrogens (tertiary/aromatic N) is 1. The predicted molar refractivity (Wildman–Crippen MR) is 93.3 cm³/mol. The van der Waals surface area contributed by atoms with Gasteiger partial charge >= 0.3 is 0 Å². The number of amides is 2. The van der Waals surface area contributed by atoms with E-state index >= 15 is 0 Å². The molecular formula is C16H12ClN3O2S. The van der Waals surface area contributed by atoms with Crippen LogP contribution in [0, 0.1) is 0 Å². The molecule has 5 nitrogen and oxygen atoms in total. The molecule has 2 N–H and O–H groups in total. The van der Waals surface area contributed by atoms with Gasteiger partial charge in [-0.1, -0.05) is 29.0 Å². The lowest BCUT2D eigenvalue weighted by Crippen LogP contribution is -2.11. The number of hydrogen-bond acceptors (Lipinski definition) is 4. The maximum atomic E-state index is 12.2. The molecule has 0 aliphatic carbocycles. The lowest BCUT2D eigenvalue weighted by atomic mass is 10.2. The summed E-state index contributed by atoms with van der Waals surface area (Å²) in [7, 11) is 0. The van der Waals surface area contributed by atoms with Gasteiger partial charge in [-0.3, -0.25) is 9.59 Å². The molecule has 23 heavy (non-hydrogen) atoms. The smallest absolute Gasteiger partial charge is 0.255 e. The summed E-state index contributed by atoms with van der Waals surface area (Å²) in [5.41, 5.74) is 1.82. The predicted octanol–water partition coefficient (Wildman–Crippen LogP) is 4.16. The van der Waals surface area contributed by atoms with Crippen LogP contribution in [-0.4, -0.2) is 16.8 Å². The molecule has 7 heteroatoms. The van der Waals surface area contributed by atoms with Crippen molar-refractivity contribution in [2.45, 2.75) is 6.92 Å². The normalized spacial score (nSPS) is 10.5. The Kier molecular flexibility index (Phi) is 4.27. The molecule has 0 aliphatic rings. The van der Waals surface area contributed by atoms with Crippen LogP contribution >= 0.6 is 22.9 Å². The van der Waals surface area contributed by atoms with Crippen LogP contribution in [0.2, 0.25) is 5.02 Å². The second kappa shape index (κ2) is 6.36. The van der Waals surface area contributed by atoms with Gasteiger partial charge in [0.25, 0.3) is 5.91 Å². The van der Waals surface area contributed by atoms with Gasteiger partial charge in [-0.2, -0.15) is 0 Å². The third kappa shape index (κ3) is 3.67. The minimum Gasteiger partial charge on any atom is -0.322 e. The molecule has 1 heterocycles. The van der Waals surface area contributed by atoms with Crippen LogP contribution < -0.4 is 10.6 Å². The lowest BCUT2D eigenvalue weighted by molar-refractivity contribution is -0.114. The molecule has 0 fully saturated rings. The summed E-state index contributed by atoms with van der Waals surface area (Å²) < 4.78 is 0.925. The Hall–Kier alpha value is -2.44. The summed E-state index contributed by atoms with van der Waals surface area (Å²) in [4.78, 5) is 27.6. The van der Waals surface area contributed by atoms with Gasteiger partial charge in [-0.05, 0) is 36.4 Å². The average molecular weight is 346 g/mol. The van der Waals surface area contributed by atoms with Crippen LogP contribution in [0.4, 0.5) is 10.8 Å². The Balaban J connectivity index is 1.82. The van der Waals surface area contributed by atoms with Crippen LogP contribution in [0.1, 0.15) is 17.3 Å². The number of thiazole rings is 1. The van der Waals surface area contributed by atoms with E-state index in [1.807, 2.05) is 6.07 Å². The van der Waals surface area contributed by atoms with Crippen molar-refractivity contribution in [2.24, 2.45) is 0 Å². The minimum absolute atomic E-state index is 0.168. The van der Waals surface area contributed by atoms with Crippen LogP contribution in [-0.2, 0) is 4.79 Å². The highest BCUT2D eigenvalue weighted by atomic mass is 35.5. The van der Waals surface area contributed by atoms with E-state index in [1.165, 1.54) is 18.3 Å². The van der Waals surface area contributed by atoms with Gasteiger partial charge < -0.3 is 10.6 Å². The summed E-state index contributed by atoms with van der Waals surface area (Å²) in [6.07, 6.45) is 0. The van der Waals surface area contributed by atoms with E-state index in [2.05, 4.69) is 15.6 Å². The molecule has 0 bridgehead atoms. The van der Waals surface area contributed by atoms with E-state index in [0.29, 0.717) is 26.9 Å². The Bertz CT molecular complexity index is 907. The Morgan fingerprint density at radius 3 is 2.70 bits per heavy atom. The van der Waals surface area contributed by atoms with Crippen molar-refractivity contribution in [3.05, 3.63) is 53.1 Å². The highest BCUT2D eigenvalue weighted by Crippen LogP contribution is 2.28. The van der Waals surface area contributed by atoms with Gasteiger partial charge in [-0.25, -0.2) is 4.98 Å². The number of aromatic nitrogens is 1. The van der Waals surface area contributed by atoms with Crippen LogP contribution in [0.3, 0.4) is 0 Å². The van der Waals surface area contributed by atoms with Crippen molar-refractivity contribution < 1.29 is 9.59 Å². The Morgan fingerprint density at radius 1 is 1.13 bits per heavy atom. The first kappa shape index (κ1) is 15.5. The first-order chi connectivity index (χ1) is 11.0. The second-order valence-electron chi connectivity index (χ2n) is 4.85. The number of carbonyl (C=O) groups excluding carboxylic acids is 2. The summed E-state index contributed by atoms with van der Waals surface area (Å²) in [5, 5.41) is 6.50. The van der Waals surface area contributed by atoms with Gasteiger partial charge in [0, 0.05) is 23.2 Å². The average Bonchev–Trinajstić information content (AvgIpc) is 2.87. The molecule has 2 aromatic carbocycles. The van der Waals surface area contributed by atoms with Gasteiger partial charge in [0.1, 0.15) is 0 Å². The fourth-order valence-corrected chi connectivity index (χ4v) is 3.12. The molecule has 0 radical (unpaired) electrons. The molecule has 0 saturated carbocycles. The number of rotatable bonds is 3. The highest BCUT2D eigenvalue weighted by molar-refractivity contribution is 7.22. The van der Waals surface area contributed by atoms with Gasteiger partial charge in [0.05, 0.1) is 10.2 Å². The number of nitrogens with one attached hydrogen (secondary N) is 2. The summed E-state index contributed by atoms with van der Waals surface area (Å²) in [6, 6.07) is 12.1. The molecule has 3 aromatic rings. The number of carbonyl (C=O) groups is 2. The monoisotopic (exact) mass is 345 g/mol. The maximum Gasteiger partial charge on any atom is 0.255 e. The van der Waals surface area contributed by atoms with E-state index < -0.39 is 0 Å². The van der Waals surface area contributed by atoms with E-state index in [9.17, 15) is 9.59 Å². The maximum absolute atomic E-state index is 12.2. The van der Waals surface area contributed by atoms with Gasteiger partial charge in [0.15, 0.2) is 5.13 Å². The SMILES string of the molecule is CC(=O)Nc1nc2cc(NC(=O)c3cccc(Cl)c3)ccc2s1. The molecule has 0 unspecified atom stereocenters. The zero-order valence-corrected chi connectivity index (χ0v) is 13.7. The molecule has 1 aromatic heterocycles. The molecule has 0 spiro atoms. The highest BCUT2D eigenvalue weighted by Gasteiger charge is 2.09. The van der Waals surface area contributed by atoms with Crippen molar-refractivity contribution in [1.29, 1.82) is 0 Å². The van der Waals surface area contributed by atoms with Crippen LogP contribution in [0.25, 0.3) is 10.2 Å². The standard InChI is InChI=1S/C16H12ClN3O2S/c1-9(21)18-16-20-13-8-12(5-6-14(13)23-16)19-15(22)10-3-2-4-11(17)7-10/h2-8H,1H3,(H,19,22)(H,18,20,21). The van der Waals surface area contributed by atoms with Crippen molar-refractivity contribution >= 4 is 55.8 Å². The third-order valence-electron chi connectivity index (χ3n) is 3.02. The molecular weight excluding hydrogens is 334 g/mol. The zero-order chi connectivity index (χ0) is 16.4. The van der Waals surface area contributed by atoms with E-state index in [1.54, 1.807) is 36.4 Å². The Morgan fingerprint density at radius 2 is 1.96 bits per heavy atom. The minimum atomic E-state index is -0.246. The van der Waals surface area contributed by atoms with Crippen molar-refractivity contribution in [3.8, 4) is 0 Å². The molecule has 0 atom stereocenters. The molecule has 3 rings (SSSR count). The molecule has 116 valence electrons. The number of benzene rings is 2. The van der Waals surface area contributed by atoms with Crippen LogP contribution in [0.15, 0.2) is 42.5 Å². The molecule has 2 amide bonds. The number of halogens is 1. The lowest BCUT2D eigenvalue weighted by Gasteiger charge is -2.05.